The van der Waals surface area contributed by atoms with Crippen LogP contribution in [0.4, 0.5) is 5.69 Å². The number of hydrogen-bond donors (Lipinski definition) is 1. The van der Waals surface area contributed by atoms with Crippen LogP contribution in [0.2, 0.25) is 5.02 Å². The standard InChI is InChI=1S/C23H21ClN4O/c24-22-21(15-26-28(23(22)29)17-6-2-1-3-7-17)27-12-10-16(11-13-27)19-14-25-20-9-5-4-8-18(19)20/h1-9,14-16,25H,10-13H2. The molecule has 0 spiro atoms. The van der Waals surface area contributed by atoms with E-state index in [9.17, 15) is 4.79 Å². The van der Waals surface area contributed by atoms with Crippen molar-refractivity contribution in [2.45, 2.75) is 18.8 Å². The molecule has 29 heavy (non-hydrogen) atoms. The predicted molar refractivity (Wildman–Crippen MR) is 117 cm³/mol. The second-order valence-corrected chi connectivity index (χ2v) is 7.83. The zero-order valence-electron chi connectivity index (χ0n) is 15.9. The first-order valence-electron chi connectivity index (χ1n) is 9.86. The van der Waals surface area contributed by atoms with E-state index >= 15 is 0 Å². The number of fused-ring (bicyclic) bond motifs is 1. The molecule has 1 aliphatic heterocycles. The normalized spacial score (nSPS) is 15.1. The fourth-order valence-corrected chi connectivity index (χ4v) is 4.51. The molecule has 3 heterocycles. The molecule has 0 amide bonds. The van der Waals surface area contributed by atoms with E-state index in [4.69, 9.17) is 11.6 Å². The van der Waals surface area contributed by atoms with Crippen molar-refractivity contribution in [1.82, 2.24) is 14.8 Å². The van der Waals surface area contributed by atoms with Crippen LogP contribution in [0.3, 0.4) is 0 Å². The van der Waals surface area contributed by atoms with Crippen molar-refractivity contribution in [3.8, 4) is 5.69 Å². The molecule has 5 rings (SSSR count). The molecule has 6 heteroatoms. The molecular formula is C23H21ClN4O. The Hall–Kier alpha value is -3.05. The van der Waals surface area contributed by atoms with Crippen LogP contribution in [0.1, 0.15) is 24.3 Å². The van der Waals surface area contributed by atoms with Gasteiger partial charge in [0.2, 0.25) is 0 Å². The summed E-state index contributed by atoms with van der Waals surface area (Å²) >= 11 is 6.48. The van der Waals surface area contributed by atoms with Crippen LogP contribution in [0, 0.1) is 0 Å². The number of para-hydroxylation sites is 2. The quantitative estimate of drug-likeness (QED) is 0.536. The van der Waals surface area contributed by atoms with Crippen LogP contribution in [-0.4, -0.2) is 27.9 Å². The summed E-state index contributed by atoms with van der Waals surface area (Å²) in [6.07, 6.45) is 5.88. The zero-order chi connectivity index (χ0) is 19.8. The van der Waals surface area contributed by atoms with Gasteiger partial charge in [-0.3, -0.25) is 4.79 Å². The number of piperidine rings is 1. The Bertz CT molecular complexity index is 1210. The maximum absolute atomic E-state index is 12.8. The van der Waals surface area contributed by atoms with Gasteiger partial charge in [0, 0.05) is 30.2 Å². The first-order chi connectivity index (χ1) is 14.2. The van der Waals surface area contributed by atoms with Crippen LogP contribution in [0.5, 0.6) is 0 Å². The molecule has 5 nitrogen and oxygen atoms in total. The van der Waals surface area contributed by atoms with E-state index in [1.54, 1.807) is 6.20 Å². The van der Waals surface area contributed by atoms with Crippen molar-refractivity contribution in [2.75, 3.05) is 18.0 Å². The van der Waals surface area contributed by atoms with Crippen LogP contribution < -0.4 is 10.5 Å². The Kier molecular flexibility index (Phi) is 4.60. The molecule has 1 fully saturated rings. The average Bonchev–Trinajstić information content (AvgIpc) is 3.21. The number of anilines is 1. The first-order valence-corrected chi connectivity index (χ1v) is 10.2. The summed E-state index contributed by atoms with van der Waals surface area (Å²) in [6.45, 7) is 1.70. The summed E-state index contributed by atoms with van der Waals surface area (Å²) < 4.78 is 1.35. The number of nitrogens with one attached hydrogen (secondary N) is 1. The van der Waals surface area contributed by atoms with E-state index in [0.717, 1.165) is 31.6 Å². The molecule has 0 radical (unpaired) electrons. The second kappa shape index (κ2) is 7.41. The Labute approximate surface area is 173 Å². The number of hydrogen-bond acceptors (Lipinski definition) is 3. The second-order valence-electron chi connectivity index (χ2n) is 7.45. The molecule has 0 unspecified atom stereocenters. The van der Waals surface area contributed by atoms with E-state index in [1.807, 2.05) is 30.3 Å². The lowest BCUT2D eigenvalue weighted by Gasteiger charge is -2.33. The first kappa shape index (κ1) is 18.0. The number of benzene rings is 2. The van der Waals surface area contributed by atoms with Crippen molar-refractivity contribution in [3.63, 3.8) is 0 Å². The third-order valence-corrected chi connectivity index (χ3v) is 6.15. The van der Waals surface area contributed by atoms with Gasteiger partial charge >= 0.3 is 0 Å². The van der Waals surface area contributed by atoms with E-state index in [-0.39, 0.29) is 10.6 Å². The summed E-state index contributed by atoms with van der Waals surface area (Å²) in [5.41, 5.74) is 3.71. The molecule has 0 atom stereocenters. The molecule has 4 aromatic rings. The van der Waals surface area contributed by atoms with E-state index in [0.29, 0.717) is 11.6 Å². The number of aromatic amines is 1. The monoisotopic (exact) mass is 404 g/mol. The third kappa shape index (κ3) is 3.21. The average molecular weight is 405 g/mol. The van der Waals surface area contributed by atoms with Crippen molar-refractivity contribution in [2.24, 2.45) is 0 Å². The largest absolute Gasteiger partial charge is 0.369 e. The van der Waals surface area contributed by atoms with Gasteiger partial charge in [-0.1, -0.05) is 48.0 Å². The predicted octanol–water partition coefficient (Wildman–Crippen LogP) is 4.75. The summed E-state index contributed by atoms with van der Waals surface area (Å²) in [5.74, 6) is 0.499. The molecule has 0 aliphatic carbocycles. The Balaban J connectivity index is 1.37. The third-order valence-electron chi connectivity index (χ3n) is 5.80. The van der Waals surface area contributed by atoms with Crippen molar-refractivity contribution >= 4 is 28.2 Å². The van der Waals surface area contributed by atoms with Gasteiger partial charge in [-0.2, -0.15) is 9.78 Å². The van der Waals surface area contributed by atoms with Gasteiger partial charge < -0.3 is 9.88 Å². The molecular weight excluding hydrogens is 384 g/mol. The molecule has 1 saturated heterocycles. The molecule has 2 aromatic carbocycles. The molecule has 1 aliphatic rings. The lowest BCUT2D eigenvalue weighted by atomic mass is 9.89. The van der Waals surface area contributed by atoms with E-state index in [1.165, 1.54) is 21.1 Å². The summed E-state index contributed by atoms with van der Waals surface area (Å²) in [6, 6.07) is 17.8. The van der Waals surface area contributed by atoms with Gasteiger partial charge in [-0.25, -0.2) is 0 Å². The SMILES string of the molecule is O=c1c(Cl)c(N2CCC(c3c[nH]c4ccccc34)CC2)cnn1-c1ccccc1. The minimum absolute atomic E-state index is 0.231. The summed E-state index contributed by atoms with van der Waals surface area (Å²) in [7, 11) is 0. The van der Waals surface area contributed by atoms with Gasteiger partial charge in [-0.05, 0) is 42.5 Å². The molecule has 146 valence electrons. The lowest BCUT2D eigenvalue weighted by molar-refractivity contribution is 0.507. The summed E-state index contributed by atoms with van der Waals surface area (Å²) in [4.78, 5) is 18.3. The molecule has 2 aromatic heterocycles. The Morgan fingerprint density at radius 3 is 2.52 bits per heavy atom. The maximum Gasteiger partial charge on any atom is 0.292 e. The highest BCUT2D eigenvalue weighted by molar-refractivity contribution is 6.33. The van der Waals surface area contributed by atoms with Crippen LogP contribution >= 0.6 is 11.6 Å². The number of H-pyrrole nitrogens is 1. The van der Waals surface area contributed by atoms with Gasteiger partial charge in [-0.15, -0.1) is 0 Å². The van der Waals surface area contributed by atoms with Crippen LogP contribution in [0.15, 0.2) is 71.8 Å². The number of nitrogens with zero attached hydrogens (tertiary/aromatic N) is 3. The highest BCUT2D eigenvalue weighted by Crippen LogP contribution is 2.35. The van der Waals surface area contributed by atoms with Crippen LogP contribution in [0.25, 0.3) is 16.6 Å². The van der Waals surface area contributed by atoms with Crippen molar-refractivity contribution in [3.05, 3.63) is 87.9 Å². The Morgan fingerprint density at radius 2 is 1.72 bits per heavy atom. The van der Waals surface area contributed by atoms with Gasteiger partial charge in [0.15, 0.2) is 0 Å². The minimum Gasteiger partial charge on any atom is -0.369 e. The highest BCUT2D eigenvalue weighted by Gasteiger charge is 2.25. The topological polar surface area (TPSA) is 53.9 Å². The molecule has 1 N–H and O–H groups in total. The van der Waals surface area contributed by atoms with Gasteiger partial charge in [0.25, 0.3) is 5.56 Å². The highest BCUT2D eigenvalue weighted by atomic mass is 35.5. The van der Waals surface area contributed by atoms with Gasteiger partial charge in [0.05, 0.1) is 17.6 Å². The lowest BCUT2D eigenvalue weighted by Crippen LogP contribution is -2.35. The fourth-order valence-electron chi connectivity index (χ4n) is 4.26. The fraction of sp³-hybridized carbons (Fsp3) is 0.217. The number of rotatable bonds is 3. The molecule has 0 saturated carbocycles. The molecule has 0 bridgehead atoms. The minimum atomic E-state index is -0.283. The van der Waals surface area contributed by atoms with E-state index < -0.39 is 0 Å². The number of aromatic nitrogens is 3. The van der Waals surface area contributed by atoms with E-state index in [2.05, 4.69) is 45.4 Å². The van der Waals surface area contributed by atoms with Crippen molar-refractivity contribution in [1.29, 1.82) is 0 Å². The van der Waals surface area contributed by atoms with Gasteiger partial charge in [0.1, 0.15) is 5.02 Å². The number of halogens is 1. The van der Waals surface area contributed by atoms with Crippen LogP contribution in [-0.2, 0) is 0 Å². The Morgan fingerprint density at radius 1 is 1.00 bits per heavy atom. The maximum atomic E-state index is 12.8. The van der Waals surface area contributed by atoms with Crippen molar-refractivity contribution < 1.29 is 0 Å². The smallest absolute Gasteiger partial charge is 0.292 e. The summed E-state index contributed by atoms with van der Waals surface area (Å²) in [5, 5.41) is 5.90. The zero-order valence-corrected chi connectivity index (χ0v) is 16.6.